The summed E-state index contributed by atoms with van der Waals surface area (Å²) in [6.45, 7) is 13.1. The summed E-state index contributed by atoms with van der Waals surface area (Å²) < 4.78 is 2.00. The molecular formula is C21H29N2O+. The quantitative estimate of drug-likeness (QED) is 0.808. The highest BCUT2D eigenvalue weighted by molar-refractivity contribution is 5.91. The van der Waals surface area contributed by atoms with Gasteiger partial charge in [-0.2, -0.15) is 4.57 Å². The van der Waals surface area contributed by atoms with Crippen molar-refractivity contribution in [1.82, 2.24) is 0 Å². The zero-order valence-electron chi connectivity index (χ0n) is 15.7. The first-order chi connectivity index (χ1) is 11.3. The lowest BCUT2D eigenvalue weighted by atomic mass is 9.92. The normalized spacial score (nSPS) is 11.2. The molecule has 0 spiro atoms. The third-order valence-electron chi connectivity index (χ3n) is 4.57. The monoisotopic (exact) mass is 325 g/mol. The molecule has 0 fully saturated rings. The second-order valence-corrected chi connectivity index (χ2v) is 7.07. The van der Waals surface area contributed by atoms with E-state index in [-0.39, 0.29) is 5.91 Å². The van der Waals surface area contributed by atoms with Crippen LogP contribution in [-0.4, -0.2) is 5.91 Å². The molecule has 0 aliphatic rings. The summed E-state index contributed by atoms with van der Waals surface area (Å²) >= 11 is 0. The van der Waals surface area contributed by atoms with Crippen molar-refractivity contribution in [3.05, 3.63) is 58.9 Å². The van der Waals surface area contributed by atoms with Crippen molar-refractivity contribution in [3.8, 4) is 0 Å². The lowest BCUT2D eigenvalue weighted by molar-refractivity contribution is -0.690. The molecule has 0 unspecified atom stereocenters. The molecule has 1 aromatic heterocycles. The highest BCUT2D eigenvalue weighted by Gasteiger charge is 2.19. The van der Waals surface area contributed by atoms with Crippen LogP contribution in [0, 0.1) is 13.8 Å². The molecular weight excluding hydrogens is 296 g/mol. The van der Waals surface area contributed by atoms with Crippen LogP contribution in [-0.2, 0) is 11.3 Å². The fourth-order valence-corrected chi connectivity index (χ4v) is 2.95. The molecule has 24 heavy (non-hydrogen) atoms. The number of aryl methyl sites for hydroxylation is 1. The zero-order valence-corrected chi connectivity index (χ0v) is 15.7. The van der Waals surface area contributed by atoms with Crippen LogP contribution in [0.25, 0.3) is 0 Å². The number of nitrogens with one attached hydrogen (secondary N) is 1. The van der Waals surface area contributed by atoms with Crippen molar-refractivity contribution >= 4 is 11.6 Å². The number of para-hydroxylation sites is 1. The Morgan fingerprint density at radius 3 is 2.12 bits per heavy atom. The van der Waals surface area contributed by atoms with Gasteiger partial charge in [-0.15, -0.1) is 0 Å². The molecule has 1 heterocycles. The fourth-order valence-electron chi connectivity index (χ4n) is 2.95. The van der Waals surface area contributed by atoms with Gasteiger partial charge in [-0.05, 0) is 36.0 Å². The Kier molecular flexibility index (Phi) is 5.76. The third-order valence-corrected chi connectivity index (χ3v) is 4.57. The summed E-state index contributed by atoms with van der Waals surface area (Å²) in [5.41, 5.74) is 5.68. The molecule has 3 nitrogen and oxygen atoms in total. The van der Waals surface area contributed by atoms with Crippen LogP contribution < -0.4 is 9.88 Å². The third kappa shape index (κ3) is 4.02. The van der Waals surface area contributed by atoms with E-state index in [9.17, 15) is 4.79 Å². The summed E-state index contributed by atoms with van der Waals surface area (Å²) in [7, 11) is 0. The van der Waals surface area contributed by atoms with Gasteiger partial charge in [0.2, 0.25) is 6.54 Å². The van der Waals surface area contributed by atoms with Gasteiger partial charge < -0.3 is 5.32 Å². The Bertz CT molecular complexity index is 706. The van der Waals surface area contributed by atoms with Crippen molar-refractivity contribution in [2.24, 2.45) is 0 Å². The van der Waals surface area contributed by atoms with E-state index in [0.717, 1.165) is 11.4 Å². The number of rotatable bonds is 5. The lowest BCUT2D eigenvalue weighted by Crippen LogP contribution is -2.43. The molecule has 1 aromatic carbocycles. The van der Waals surface area contributed by atoms with Crippen LogP contribution in [0.5, 0.6) is 0 Å². The Morgan fingerprint density at radius 1 is 1.00 bits per heavy atom. The molecule has 3 heteroatoms. The van der Waals surface area contributed by atoms with Crippen LogP contribution in [0.1, 0.15) is 61.9 Å². The van der Waals surface area contributed by atoms with E-state index < -0.39 is 0 Å². The number of anilines is 1. The predicted octanol–water partition coefficient (Wildman–Crippen LogP) is 4.48. The van der Waals surface area contributed by atoms with E-state index in [4.69, 9.17) is 0 Å². The highest BCUT2D eigenvalue weighted by Crippen LogP contribution is 2.32. The molecule has 1 N–H and O–H groups in total. The molecule has 1 amide bonds. The van der Waals surface area contributed by atoms with E-state index in [1.54, 1.807) is 0 Å². The van der Waals surface area contributed by atoms with E-state index in [0.29, 0.717) is 18.4 Å². The SMILES string of the molecule is Cc1ccc[n+](CC(=O)Nc2c(C(C)C)cccc2C(C)C)c1C. The largest absolute Gasteiger partial charge is 0.320 e. The molecule has 0 atom stereocenters. The Labute approximate surface area is 145 Å². The molecule has 0 radical (unpaired) electrons. The number of amides is 1. The fraction of sp³-hybridized carbons (Fsp3) is 0.429. The Balaban J connectivity index is 2.30. The lowest BCUT2D eigenvalue weighted by Gasteiger charge is -2.19. The van der Waals surface area contributed by atoms with Gasteiger partial charge in [0.1, 0.15) is 0 Å². The van der Waals surface area contributed by atoms with E-state index in [1.165, 1.54) is 16.7 Å². The summed E-state index contributed by atoms with van der Waals surface area (Å²) in [6.07, 6.45) is 1.96. The van der Waals surface area contributed by atoms with Crippen LogP contribution in [0.3, 0.4) is 0 Å². The van der Waals surface area contributed by atoms with Crippen molar-refractivity contribution in [2.45, 2.75) is 59.9 Å². The topological polar surface area (TPSA) is 33.0 Å². The second-order valence-electron chi connectivity index (χ2n) is 7.07. The first kappa shape index (κ1) is 18.2. The van der Waals surface area contributed by atoms with Gasteiger partial charge in [0, 0.05) is 24.2 Å². The summed E-state index contributed by atoms with van der Waals surface area (Å²) in [5, 5.41) is 3.18. The Morgan fingerprint density at radius 2 is 1.58 bits per heavy atom. The van der Waals surface area contributed by atoms with Gasteiger partial charge in [-0.25, -0.2) is 0 Å². The van der Waals surface area contributed by atoms with Gasteiger partial charge in [0.05, 0.1) is 0 Å². The minimum atomic E-state index is 0.0173. The average molecular weight is 325 g/mol. The van der Waals surface area contributed by atoms with Crippen LogP contribution in [0.4, 0.5) is 5.69 Å². The molecule has 0 aliphatic heterocycles. The van der Waals surface area contributed by atoms with Crippen LogP contribution in [0.15, 0.2) is 36.5 Å². The maximum atomic E-state index is 12.7. The number of hydrogen-bond donors (Lipinski definition) is 1. The number of nitrogens with zero attached hydrogens (tertiary/aromatic N) is 1. The minimum absolute atomic E-state index is 0.0173. The van der Waals surface area contributed by atoms with Crippen LogP contribution >= 0.6 is 0 Å². The first-order valence-electron chi connectivity index (χ1n) is 8.69. The van der Waals surface area contributed by atoms with Gasteiger partial charge in [0.25, 0.3) is 5.91 Å². The molecule has 2 aromatic rings. The number of aromatic nitrogens is 1. The molecule has 0 saturated carbocycles. The Hall–Kier alpha value is -2.16. The smallest absolute Gasteiger partial charge is 0.290 e. The van der Waals surface area contributed by atoms with Crippen molar-refractivity contribution < 1.29 is 9.36 Å². The van der Waals surface area contributed by atoms with Crippen LogP contribution in [0.2, 0.25) is 0 Å². The highest BCUT2D eigenvalue weighted by atomic mass is 16.1. The standard InChI is InChI=1S/C21H28N2O/c1-14(2)18-10-7-11-19(15(3)4)21(18)22-20(24)13-23-12-8-9-16(5)17(23)6/h7-12,14-15H,13H2,1-6H3/p+1. The van der Waals surface area contributed by atoms with Gasteiger partial charge >= 0.3 is 0 Å². The van der Waals surface area contributed by atoms with E-state index in [1.807, 2.05) is 23.8 Å². The average Bonchev–Trinajstić information content (AvgIpc) is 2.51. The van der Waals surface area contributed by atoms with Gasteiger partial charge in [-0.1, -0.05) is 45.9 Å². The van der Waals surface area contributed by atoms with Crippen molar-refractivity contribution in [2.75, 3.05) is 5.32 Å². The molecule has 0 bridgehead atoms. The minimum Gasteiger partial charge on any atom is -0.320 e. The maximum absolute atomic E-state index is 12.7. The zero-order chi connectivity index (χ0) is 17.9. The molecule has 128 valence electrons. The summed E-state index contributed by atoms with van der Waals surface area (Å²) in [6, 6.07) is 10.3. The summed E-state index contributed by atoms with van der Waals surface area (Å²) in [5.74, 6) is 0.753. The number of pyridine rings is 1. The van der Waals surface area contributed by atoms with Gasteiger partial charge in [-0.3, -0.25) is 4.79 Å². The maximum Gasteiger partial charge on any atom is 0.290 e. The van der Waals surface area contributed by atoms with E-state index >= 15 is 0 Å². The second kappa shape index (κ2) is 7.61. The van der Waals surface area contributed by atoms with Crippen molar-refractivity contribution in [3.63, 3.8) is 0 Å². The van der Waals surface area contributed by atoms with E-state index in [2.05, 4.69) is 64.2 Å². The molecule has 0 saturated heterocycles. The number of carbonyl (C=O) groups is 1. The van der Waals surface area contributed by atoms with Gasteiger partial charge in [0.15, 0.2) is 11.9 Å². The number of carbonyl (C=O) groups excluding carboxylic acids is 1. The number of benzene rings is 1. The summed E-state index contributed by atoms with van der Waals surface area (Å²) in [4.78, 5) is 12.7. The molecule has 0 aliphatic carbocycles. The first-order valence-corrected chi connectivity index (χ1v) is 8.69. The number of hydrogen-bond acceptors (Lipinski definition) is 1. The molecule has 2 rings (SSSR count). The predicted molar refractivity (Wildman–Crippen MR) is 99.4 cm³/mol. The van der Waals surface area contributed by atoms with Crippen molar-refractivity contribution in [1.29, 1.82) is 0 Å².